The van der Waals surface area contributed by atoms with Gasteiger partial charge in [-0.05, 0) is 49.4 Å². The van der Waals surface area contributed by atoms with Crippen LogP contribution >= 0.6 is 0 Å². The molecule has 1 spiro atoms. The first kappa shape index (κ1) is 8.37. The van der Waals surface area contributed by atoms with Crippen molar-refractivity contribution in [3.05, 3.63) is 12.2 Å². The summed E-state index contributed by atoms with van der Waals surface area (Å²) in [5, 5.41) is 0. The molecule has 5 aliphatic carbocycles. The van der Waals surface area contributed by atoms with E-state index in [0.29, 0.717) is 11.5 Å². The maximum Gasteiger partial charge on any atom is 0.334 e. The molecule has 80 valence electrons. The first-order chi connectivity index (χ1) is 7.18. The van der Waals surface area contributed by atoms with Crippen molar-refractivity contribution in [1.82, 2.24) is 0 Å². The van der Waals surface area contributed by atoms with E-state index in [0.717, 1.165) is 30.6 Å². The van der Waals surface area contributed by atoms with E-state index in [1.165, 1.54) is 19.3 Å². The van der Waals surface area contributed by atoms with E-state index < -0.39 is 0 Å². The van der Waals surface area contributed by atoms with E-state index in [2.05, 4.69) is 6.58 Å². The largest absolute Gasteiger partial charge is 0.455 e. The monoisotopic (exact) mass is 204 g/mol. The number of ether oxygens (including phenoxy) is 1. The fourth-order valence-corrected chi connectivity index (χ4v) is 4.69. The van der Waals surface area contributed by atoms with Crippen molar-refractivity contribution in [3.63, 3.8) is 0 Å². The standard InChI is InChI=1S/C13H16O2/c1-7-5-13(15-12(7)14)6-11-8-2-9(11)4-10(13)3-8/h8-11H,1-6H2/t8-,9+,10?,11?,13-/m0/s1. The molecule has 6 aliphatic rings. The molecule has 2 nitrogen and oxygen atoms in total. The zero-order valence-electron chi connectivity index (χ0n) is 8.87. The van der Waals surface area contributed by atoms with Gasteiger partial charge >= 0.3 is 5.97 Å². The Morgan fingerprint density at radius 2 is 2.00 bits per heavy atom. The molecule has 0 aromatic carbocycles. The van der Waals surface area contributed by atoms with Crippen molar-refractivity contribution in [2.75, 3.05) is 0 Å². The predicted octanol–water partition coefficient (Wildman–Crippen LogP) is 2.29. The first-order valence-electron chi connectivity index (χ1n) is 6.09. The summed E-state index contributed by atoms with van der Waals surface area (Å²) in [7, 11) is 0. The molecular weight excluding hydrogens is 188 g/mol. The van der Waals surface area contributed by atoms with Gasteiger partial charge < -0.3 is 4.74 Å². The van der Waals surface area contributed by atoms with E-state index in [-0.39, 0.29) is 11.6 Å². The van der Waals surface area contributed by atoms with Gasteiger partial charge in [-0.15, -0.1) is 0 Å². The molecule has 1 saturated heterocycles. The third-order valence-electron chi connectivity index (χ3n) is 5.41. The van der Waals surface area contributed by atoms with Crippen LogP contribution in [0.1, 0.15) is 32.1 Å². The van der Waals surface area contributed by atoms with Gasteiger partial charge in [0.05, 0.1) is 0 Å². The summed E-state index contributed by atoms with van der Waals surface area (Å²) in [5.74, 6) is 3.32. The van der Waals surface area contributed by atoms with Crippen molar-refractivity contribution >= 4 is 5.97 Å². The number of carbonyl (C=O) groups is 1. The third kappa shape index (κ3) is 0.849. The summed E-state index contributed by atoms with van der Waals surface area (Å²) in [4.78, 5) is 11.5. The molecule has 0 aromatic heterocycles. The van der Waals surface area contributed by atoms with Gasteiger partial charge in [-0.3, -0.25) is 0 Å². The Bertz CT molecular complexity index is 343. The lowest BCUT2D eigenvalue weighted by Gasteiger charge is -2.62. The van der Waals surface area contributed by atoms with E-state index >= 15 is 0 Å². The minimum absolute atomic E-state index is 0.105. The fourth-order valence-electron chi connectivity index (χ4n) is 4.69. The number of hydrogen-bond acceptors (Lipinski definition) is 2. The van der Waals surface area contributed by atoms with Crippen molar-refractivity contribution in [2.24, 2.45) is 23.7 Å². The molecule has 1 heterocycles. The zero-order valence-corrected chi connectivity index (χ0v) is 8.87. The molecule has 5 saturated carbocycles. The maximum absolute atomic E-state index is 11.5. The molecule has 2 heteroatoms. The van der Waals surface area contributed by atoms with Crippen LogP contribution in [-0.4, -0.2) is 11.6 Å². The normalized spacial score (nSPS) is 55.7. The van der Waals surface area contributed by atoms with Gasteiger partial charge in [-0.1, -0.05) is 6.58 Å². The smallest absolute Gasteiger partial charge is 0.334 e. The van der Waals surface area contributed by atoms with Gasteiger partial charge in [-0.2, -0.15) is 0 Å². The van der Waals surface area contributed by atoms with Crippen LogP contribution in [0.25, 0.3) is 0 Å². The molecule has 15 heavy (non-hydrogen) atoms. The highest BCUT2D eigenvalue weighted by atomic mass is 16.6. The summed E-state index contributed by atoms with van der Waals surface area (Å²) in [5.41, 5.74) is 0.600. The highest BCUT2D eigenvalue weighted by molar-refractivity contribution is 5.90. The highest BCUT2D eigenvalue weighted by Gasteiger charge is 2.63. The van der Waals surface area contributed by atoms with Crippen LogP contribution in [0, 0.1) is 23.7 Å². The molecule has 6 fully saturated rings. The van der Waals surface area contributed by atoms with Gasteiger partial charge in [0.15, 0.2) is 0 Å². The van der Waals surface area contributed by atoms with Gasteiger partial charge in [0.1, 0.15) is 5.60 Å². The number of hydrogen-bond donors (Lipinski definition) is 0. The third-order valence-corrected chi connectivity index (χ3v) is 5.41. The summed E-state index contributed by atoms with van der Waals surface area (Å²) in [6.45, 7) is 3.82. The number of rotatable bonds is 0. The maximum atomic E-state index is 11.5. The lowest BCUT2D eigenvalue weighted by molar-refractivity contribution is -0.200. The first-order valence-corrected chi connectivity index (χ1v) is 6.09. The summed E-state index contributed by atoms with van der Waals surface area (Å²) in [6, 6.07) is 0. The average Bonchev–Trinajstić information content (AvgIpc) is 2.51. The van der Waals surface area contributed by atoms with Crippen LogP contribution in [0.2, 0.25) is 0 Å². The zero-order chi connectivity index (χ0) is 10.2. The van der Waals surface area contributed by atoms with Crippen LogP contribution in [0.15, 0.2) is 12.2 Å². The molecule has 0 amide bonds. The Balaban J connectivity index is 1.69. The van der Waals surface area contributed by atoms with Crippen molar-refractivity contribution in [2.45, 2.75) is 37.7 Å². The molecule has 0 radical (unpaired) electrons. The fraction of sp³-hybridized carbons (Fsp3) is 0.769. The van der Waals surface area contributed by atoms with Crippen LogP contribution < -0.4 is 0 Å². The Morgan fingerprint density at radius 1 is 1.27 bits per heavy atom. The molecule has 0 aromatic rings. The van der Waals surface area contributed by atoms with E-state index in [4.69, 9.17) is 4.74 Å². The molecule has 4 bridgehead atoms. The van der Waals surface area contributed by atoms with Crippen LogP contribution in [0.5, 0.6) is 0 Å². The Hall–Kier alpha value is -0.790. The van der Waals surface area contributed by atoms with Crippen LogP contribution in [0.3, 0.4) is 0 Å². The number of carbonyl (C=O) groups excluding carboxylic acids is 1. The van der Waals surface area contributed by atoms with Gasteiger partial charge in [-0.25, -0.2) is 4.79 Å². The van der Waals surface area contributed by atoms with Gasteiger partial charge in [0, 0.05) is 12.0 Å². The second-order valence-corrected chi connectivity index (χ2v) is 6.03. The molecule has 5 atom stereocenters. The predicted molar refractivity (Wildman–Crippen MR) is 55.0 cm³/mol. The van der Waals surface area contributed by atoms with Crippen LogP contribution in [0.4, 0.5) is 0 Å². The Morgan fingerprint density at radius 3 is 2.47 bits per heavy atom. The van der Waals surface area contributed by atoms with Gasteiger partial charge in [0.25, 0.3) is 0 Å². The topological polar surface area (TPSA) is 26.3 Å². The lowest BCUT2D eigenvalue weighted by Crippen LogP contribution is -2.59. The lowest BCUT2D eigenvalue weighted by atomic mass is 9.44. The highest BCUT2D eigenvalue weighted by Crippen LogP contribution is 2.66. The Labute approximate surface area is 89.7 Å². The Kier molecular flexibility index (Phi) is 1.29. The average molecular weight is 204 g/mol. The molecule has 6 rings (SSSR count). The second-order valence-electron chi connectivity index (χ2n) is 6.03. The van der Waals surface area contributed by atoms with Gasteiger partial charge in [0.2, 0.25) is 0 Å². The van der Waals surface area contributed by atoms with E-state index in [1.54, 1.807) is 0 Å². The minimum Gasteiger partial charge on any atom is -0.455 e. The van der Waals surface area contributed by atoms with Crippen molar-refractivity contribution in [3.8, 4) is 0 Å². The molecule has 1 aliphatic heterocycles. The minimum atomic E-state index is -0.128. The summed E-state index contributed by atoms with van der Waals surface area (Å²) < 4.78 is 5.67. The molecule has 2 unspecified atom stereocenters. The number of esters is 1. The summed E-state index contributed by atoms with van der Waals surface area (Å²) >= 11 is 0. The summed E-state index contributed by atoms with van der Waals surface area (Å²) in [6.07, 6.45) is 6.01. The van der Waals surface area contributed by atoms with Crippen LogP contribution in [-0.2, 0) is 9.53 Å². The SMILES string of the molecule is C=C1C[C@@]2(CC3[C@@H]4CC2C[C@H]3C4)OC1=O. The van der Waals surface area contributed by atoms with E-state index in [9.17, 15) is 4.79 Å². The molecule has 0 N–H and O–H groups in total. The van der Waals surface area contributed by atoms with E-state index in [1.807, 2.05) is 0 Å². The molecular formula is C13H16O2. The van der Waals surface area contributed by atoms with Crippen molar-refractivity contribution in [1.29, 1.82) is 0 Å². The quantitative estimate of drug-likeness (QED) is 0.447. The van der Waals surface area contributed by atoms with Crippen molar-refractivity contribution < 1.29 is 9.53 Å². The second kappa shape index (κ2) is 2.31.